The molecule has 1 aromatic heterocycles. The van der Waals surface area contributed by atoms with Crippen LogP contribution in [0.15, 0.2) is 10.5 Å². The van der Waals surface area contributed by atoms with E-state index in [1.165, 1.54) is 0 Å². The summed E-state index contributed by atoms with van der Waals surface area (Å²) >= 11 is 6.24. The van der Waals surface area contributed by atoms with E-state index in [4.69, 9.17) is 17.0 Å². The molecule has 0 radical (unpaired) electrons. The summed E-state index contributed by atoms with van der Waals surface area (Å²) in [4.78, 5) is 2.87. The van der Waals surface area contributed by atoms with E-state index in [1.807, 2.05) is 0 Å². The highest BCUT2D eigenvalue weighted by atomic mass is 32.2. The van der Waals surface area contributed by atoms with E-state index in [0.29, 0.717) is 17.9 Å². The van der Waals surface area contributed by atoms with Gasteiger partial charge in [-0.3, -0.25) is 0 Å². The fourth-order valence-corrected chi connectivity index (χ4v) is 2.77. The number of rotatable bonds is 2. The van der Waals surface area contributed by atoms with Crippen molar-refractivity contribution in [3.05, 3.63) is 11.1 Å². The zero-order valence-corrected chi connectivity index (χ0v) is 9.95. The molecular weight excluding hydrogens is 267 g/mol. The molecule has 0 bridgehead atoms. The van der Waals surface area contributed by atoms with Crippen molar-refractivity contribution in [2.75, 3.05) is 6.61 Å². The summed E-state index contributed by atoms with van der Waals surface area (Å²) in [6.45, 7) is 2.14. The van der Waals surface area contributed by atoms with Gasteiger partial charge >= 0.3 is 6.18 Å². The molecule has 0 saturated heterocycles. The summed E-state index contributed by atoms with van der Waals surface area (Å²) < 4.78 is 41.9. The van der Waals surface area contributed by atoms with E-state index in [2.05, 4.69) is 4.98 Å². The lowest BCUT2D eigenvalue weighted by atomic mass is 10.5. The van der Waals surface area contributed by atoms with Gasteiger partial charge in [-0.15, -0.1) is 11.3 Å². The minimum absolute atomic E-state index is 0.181. The maximum Gasteiger partial charge on any atom is 0.427 e. The molecule has 15 heavy (non-hydrogen) atoms. The first-order chi connectivity index (χ1) is 6.93. The fourth-order valence-electron chi connectivity index (χ4n) is 0.655. The molecule has 0 fully saturated rings. The zero-order chi connectivity index (χ0) is 11.5. The molecule has 0 aromatic carbocycles. The third-order valence-corrected chi connectivity index (χ3v) is 3.47. The summed E-state index contributed by atoms with van der Waals surface area (Å²) in [6, 6.07) is 0. The van der Waals surface area contributed by atoms with E-state index in [9.17, 15) is 13.2 Å². The Kier molecular flexibility index (Phi) is 4.35. The van der Waals surface area contributed by atoms with Crippen LogP contribution in [0.5, 0.6) is 0 Å². The average molecular weight is 273 g/mol. The molecule has 0 amide bonds. The fraction of sp³-hybridized carbons (Fsp3) is 0.429. The number of hydrogen-bond donors (Lipinski definition) is 0. The van der Waals surface area contributed by atoms with Crippen molar-refractivity contribution in [1.29, 1.82) is 0 Å². The lowest BCUT2D eigenvalue weighted by Crippen LogP contribution is -2.00. The van der Waals surface area contributed by atoms with Crippen LogP contribution < -0.4 is 0 Å². The normalized spacial score (nSPS) is 11.5. The van der Waals surface area contributed by atoms with E-state index < -0.39 is 11.1 Å². The monoisotopic (exact) mass is 273 g/mol. The average Bonchev–Trinajstić information content (AvgIpc) is 2.52. The largest absolute Gasteiger partial charge is 0.479 e. The molecule has 0 unspecified atom stereocenters. The van der Waals surface area contributed by atoms with Gasteiger partial charge in [-0.25, -0.2) is 4.98 Å². The third-order valence-electron chi connectivity index (χ3n) is 1.20. The molecule has 1 heterocycles. The lowest BCUT2D eigenvalue weighted by molar-refractivity contribution is -0.134. The van der Waals surface area contributed by atoms with Crippen molar-refractivity contribution in [1.82, 2.24) is 4.98 Å². The van der Waals surface area contributed by atoms with Crippen LogP contribution in [0.3, 0.4) is 0 Å². The Hall–Kier alpha value is -0.340. The van der Waals surface area contributed by atoms with Crippen LogP contribution in [0.4, 0.5) is 13.2 Å². The molecule has 8 heteroatoms. The lowest BCUT2D eigenvalue weighted by Gasteiger charge is -2.01. The van der Waals surface area contributed by atoms with E-state index in [0.717, 1.165) is 18.0 Å². The van der Waals surface area contributed by atoms with Crippen LogP contribution >= 0.6 is 35.3 Å². The molecule has 0 atom stereocenters. The molecular formula is C7H6F3NOS3. The topological polar surface area (TPSA) is 22.1 Å². The second-order valence-electron chi connectivity index (χ2n) is 2.27. The second kappa shape index (κ2) is 5.13. The van der Waals surface area contributed by atoms with Gasteiger partial charge in [-0.05, 0) is 30.9 Å². The number of thioether (sulfide) groups is 1. The molecule has 84 valence electrons. The minimum atomic E-state index is -4.34. The predicted octanol–water partition coefficient (Wildman–Crippen LogP) is 3.58. The number of thiocarbonyl (C=S) groups is 1. The smallest absolute Gasteiger partial charge is 0.427 e. The Morgan fingerprint density at radius 2 is 2.33 bits per heavy atom. The Balaban J connectivity index is 2.65. The first-order valence-electron chi connectivity index (χ1n) is 3.81. The maximum absolute atomic E-state index is 12.2. The number of hydrogen-bond acceptors (Lipinski definition) is 5. The van der Waals surface area contributed by atoms with Crippen LogP contribution in [0.2, 0.25) is 0 Å². The molecule has 0 aliphatic heterocycles. The molecule has 1 aromatic rings. The van der Waals surface area contributed by atoms with E-state index >= 15 is 0 Å². The van der Waals surface area contributed by atoms with Gasteiger partial charge in [0, 0.05) is 0 Å². The number of nitrogens with zero attached hydrogens (tertiary/aromatic N) is 1. The molecule has 0 saturated carbocycles. The van der Waals surface area contributed by atoms with Crippen LogP contribution in [-0.2, 0) is 10.9 Å². The van der Waals surface area contributed by atoms with Gasteiger partial charge < -0.3 is 4.74 Å². The number of thiazole rings is 1. The van der Waals surface area contributed by atoms with Crippen molar-refractivity contribution < 1.29 is 17.9 Å². The van der Waals surface area contributed by atoms with Crippen molar-refractivity contribution in [2.45, 2.75) is 17.4 Å². The van der Waals surface area contributed by atoms with Crippen LogP contribution in [0.1, 0.15) is 11.8 Å². The summed E-state index contributed by atoms with van der Waals surface area (Å²) in [5, 5.41) is 0. The first-order valence-corrected chi connectivity index (χ1v) is 5.85. The quantitative estimate of drug-likeness (QED) is 0.606. The Bertz CT molecular complexity index is 349. The van der Waals surface area contributed by atoms with Gasteiger partial charge in [0.2, 0.25) is 4.38 Å². The van der Waals surface area contributed by atoms with Gasteiger partial charge in [-0.2, -0.15) is 13.2 Å². The number of ether oxygens (including phenoxy) is 1. The van der Waals surface area contributed by atoms with E-state index in [1.54, 1.807) is 6.92 Å². The maximum atomic E-state index is 12.2. The van der Waals surface area contributed by atoms with Crippen LogP contribution in [-0.4, -0.2) is 16.0 Å². The highest BCUT2D eigenvalue weighted by molar-refractivity contribution is 8.23. The number of aromatic nitrogens is 1. The summed E-state index contributed by atoms with van der Waals surface area (Å²) in [5.74, 6) is 0. The number of alkyl halides is 3. The second-order valence-corrected chi connectivity index (χ2v) is 5.15. The highest BCUT2D eigenvalue weighted by Crippen LogP contribution is 2.36. The predicted molar refractivity (Wildman–Crippen MR) is 57.2 cm³/mol. The highest BCUT2D eigenvalue weighted by Gasteiger charge is 2.33. The molecule has 2 nitrogen and oxygen atoms in total. The summed E-state index contributed by atoms with van der Waals surface area (Å²) in [7, 11) is 0. The van der Waals surface area contributed by atoms with Crippen molar-refractivity contribution in [3.63, 3.8) is 0 Å². The van der Waals surface area contributed by atoms with Gasteiger partial charge in [0.1, 0.15) is 4.88 Å². The van der Waals surface area contributed by atoms with E-state index in [-0.39, 0.29) is 8.72 Å². The zero-order valence-electron chi connectivity index (χ0n) is 7.50. The van der Waals surface area contributed by atoms with Gasteiger partial charge in [0.05, 0.1) is 12.8 Å². The van der Waals surface area contributed by atoms with Gasteiger partial charge in [0.25, 0.3) is 0 Å². The molecule has 0 aliphatic rings. The van der Waals surface area contributed by atoms with Crippen LogP contribution in [0, 0.1) is 0 Å². The Labute approximate surface area is 97.8 Å². The van der Waals surface area contributed by atoms with Gasteiger partial charge in [-0.1, -0.05) is 0 Å². The SMILES string of the molecule is CCOC(=S)Sc1ncc(C(F)(F)F)s1. The van der Waals surface area contributed by atoms with Crippen molar-refractivity contribution in [3.8, 4) is 0 Å². The molecule has 0 N–H and O–H groups in total. The standard InChI is InChI=1S/C7H6F3NOS3/c1-2-12-6(13)15-5-11-3-4(14-5)7(8,9)10/h3H,2H2,1H3. The summed E-state index contributed by atoms with van der Waals surface area (Å²) in [6.07, 6.45) is -3.55. The molecule has 0 spiro atoms. The number of halogens is 3. The summed E-state index contributed by atoms with van der Waals surface area (Å²) in [5.41, 5.74) is 0. The first kappa shape index (κ1) is 12.7. The van der Waals surface area contributed by atoms with Gasteiger partial charge in [0.15, 0.2) is 4.34 Å². The minimum Gasteiger partial charge on any atom is -0.479 e. The van der Waals surface area contributed by atoms with Crippen molar-refractivity contribution >= 4 is 39.7 Å². The molecule has 0 aliphatic carbocycles. The Morgan fingerprint density at radius 3 is 2.80 bits per heavy atom. The Morgan fingerprint density at radius 1 is 1.67 bits per heavy atom. The molecule has 1 rings (SSSR count). The van der Waals surface area contributed by atoms with Crippen LogP contribution in [0.25, 0.3) is 0 Å². The van der Waals surface area contributed by atoms with Crippen molar-refractivity contribution in [2.24, 2.45) is 0 Å². The third kappa shape index (κ3) is 3.96.